The molecule has 0 bridgehead atoms. The molecule has 2 aromatic rings. The van der Waals surface area contributed by atoms with Crippen LogP contribution in [0.4, 0.5) is 0 Å². The molecule has 140 valence electrons. The summed E-state index contributed by atoms with van der Waals surface area (Å²) in [7, 11) is 0. The van der Waals surface area contributed by atoms with Crippen molar-refractivity contribution in [1.29, 1.82) is 0 Å². The second-order valence-electron chi connectivity index (χ2n) is 6.44. The second kappa shape index (κ2) is 7.40. The maximum Gasteiger partial charge on any atom is 0.334 e. The van der Waals surface area contributed by atoms with Crippen LogP contribution < -0.4 is 5.32 Å². The van der Waals surface area contributed by atoms with Crippen LogP contribution in [0.25, 0.3) is 0 Å². The van der Waals surface area contributed by atoms with Crippen molar-refractivity contribution in [3.8, 4) is 0 Å². The second-order valence-corrected chi connectivity index (χ2v) is 6.87. The molecule has 1 atom stereocenters. The van der Waals surface area contributed by atoms with Crippen LogP contribution in [0.2, 0.25) is 5.02 Å². The zero-order valence-electron chi connectivity index (χ0n) is 14.7. The van der Waals surface area contributed by atoms with E-state index in [9.17, 15) is 19.5 Å². The van der Waals surface area contributed by atoms with Crippen molar-refractivity contribution >= 4 is 29.4 Å². The van der Waals surface area contributed by atoms with Gasteiger partial charge in [0.25, 0.3) is 5.91 Å². The molecule has 1 aliphatic rings. The molecule has 2 N–H and O–H groups in total. The Bertz CT molecular complexity index is 897. The molecule has 2 amide bonds. The Morgan fingerprint density at radius 3 is 2.44 bits per heavy atom. The zero-order chi connectivity index (χ0) is 19.6. The number of carbonyl (C=O) groups excluding carboxylic acids is 2. The van der Waals surface area contributed by atoms with Gasteiger partial charge in [0.1, 0.15) is 6.54 Å². The number of amides is 2. The summed E-state index contributed by atoms with van der Waals surface area (Å²) in [6, 6.07) is 13.5. The van der Waals surface area contributed by atoms with Gasteiger partial charge in [-0.15, -0.1) is 0 Å². The van der Waals surface area contributed by atoms with Crippen LogP contribution in [0.15, 0.2) is 48.5 Å². The highest BCUT2D eigenvalue weighted by molar-refractivity contribution is 6.30. The third-order valence-corrected chi connectivity index (χ3v) is 5.07. The lowest BCUT2D eigenvalue weighted by Crippen LogP contribution is -2.53. The Hall–Kier alpha value is -2.86. The van der Waals surface area contributed by atoms with Crippen molar-refractivity contribution in [3.63, 3.8) is 0 Å². The largest absolute Gasteiger partial charge is 0.479 e. The highest BCUT2D eigenvalue weighted by atomic mass is 35.5. The molecule has 2 aromatic carbocycles. The average Bonchev–Trinajstić information content (AvgIpc) is 2.96. The van der Waals surface area contributed by atoms with Gasteiger partial charge >= 0.3 is 5.97 Å². The predicted molar refractivity (Wildman–Crippen MR) is 100 cm³/mol. The van der Waals surface area contributed by atoms with Crippen molar-refractivity contribution in [2.24, 2.45) is 0 Å². The monoisotopic (exact) mass is 386 g/mol. The molecule has 0 saturated heterocycles. The van der Waals surface area contributed by atoms with Crippen molar-refractivity contribution in [2.75, 3.05) is 6.54 Å². The summed E-state index contributed by atoms with van der Waals surface area (Å²) in [6.07, 6.45) is 0.143. The van der Waals surface area contributed by atoms with E-state index >= 15 is 0 Å². The summed E-state index contributed by atoms with van der Waals surface area (Å²) in [4.78, 5) is 38.5. The lowest BCUT2D eigenvalue weighted by Gasteiger charge is -2.31. The summed E-state index contributed by atoms with van der Waals surface area (Å²) in [6.45, 7) is 1.80. The number of rotatable bonds is 6. The van der Waals surface area contributed by atoms with Crippen molar-refractivity contribution in [3.05, 3.63) is 70.2 Å². The molecule has 7 heteroatoms. The van der Waals surface area contributed by atoms with Crippen LogP contribution in [-0.2, 0) is 21.7 Å². The molecule has 0 aromatic heterocycles. The molecule has 0 radical (unpaired) electrons. The normalized spacial score (nSPS) is 15.2. The van der Waals surface area contributed by atoms with E-state index in [4.69, 9.17) is 11.6 Å². The van der Waals surface area contributed by atoms with E-state index in [2.05, 4.69) is 5.32 Å². The number of benzene rings is 2. The summed E-state index contributed by atoms with van der Waals surface area (Å²) in [5.74, 6) is -1.93. The fraction of sp³-hybridized carbons (Fsp3) is 0.250. The molecule has 0 saturated carbocycles. The Morgan fingerprint density at radius 2 is 1.85 bits per heavy atom. The SMILES string of the molecule is CCC(NC(=O)CN1Cc2ccccc2C1=O)(C(=O)O)c1ccc(Cl)cc1. The standard InChI is InChI=1S/C20H19ClN2O4/c1-2-20(19(26)27,14-7-9-15(21)10-8-14)22-17(24)12-23-11-13-5-3-4-6-16(13)18(23)25/h3-10H,2,11-12H2,1H3,(H,22,24)(H,26,27). The molecule has 0 fully saturated rings. The molecule has 6 nitrogen and oxygen atoms in total. The van der Waals surface area contributed by atoms with Gasteiger partial charge in [-0.1, -0.05) is 48.9 Å². The minimum atomic E-state index is -1.59. The van der Waals surface area contributed by atoms with Crippen LogP contribution >= 0.6 is 11.6 Å². The first-order valence-corrected chi connectivity index (χ1v) is 8.93. The molecule has 1 unspecified atom stereocenters. The molecule has 0 spiro atoms. The lowest BCUT2D eigenvalue weighted by atomic mass is 9.87. The number of carbonyl (C=O) groups is 3. The topological polar surface area (TPSA) is 86.7 Å². The van der Waals surface area contributed by atoms with E-state index in [0.29, 0.717) is 22.7 Å². The Morgan fingerprint density at radius 1 is 1.19 bits per heavy atom. The predicted octanol–water partition coefficient (Wildman–Crippen LogP) is 2.80. The quantitative estimate of drug-likeness (QED) is 0.799. The number of halogens is 1. The Labute approximate surface area is 161 Å². The number of aliphatic carboxylic acids is 1. The highest BCUT2D eigenvalue weighted by Crippen LogP contribution is 2.28. The highest BCUT2D eigenvalue weighted by Gasteiger charge is 2.41. The van der Waals surface area contributed by atoms with Gasteiger partial charge in [0, 0.05) is 17.1 Å². The third kappa shape index (κ3) is 3.53. The van der Waals surface area contributed by atoms with Gasteiger partial charge in [0.05, 0.1) is 0 Å². The van der Waals surface area contributed by atoms with E-state index in [0.717, 1.165) is 5.56 Å². The fourth-order valence-electron chi connectivity index (χ4n) is 3.32. The van der Waals surface area contributed by atoms with E-state index in [1.165, 1.54) is 4.90 Å². The van der Waals surface area contributed by atoms with Gasteiger partial charge in [0.15, 0.2) is 5.54 Å². The summed E-state index contributed by atoms with van der Waals surface area (Å²) in [5, 5.41) is 12.9. The number of nitrogens with zero attached hydrogens (tertiary/aromatic N) is 1. The molecule has 27 heavy (non-hydrogen) atoms. The molecule has 0 aliphatic carbocycles. The van der Waals surface area contributed by atoms with Crippen molar-refractivity contribution in [1.82, 2.24) is 10.2 Å². The summed E-state index contributed by atoms with van der Waals surface area (Å²) < 4.78 is 0. The first kappa shape index (κ1) is 18.9. The number of fused-ring (bicyclic) bond motifs is 1. The number of carboxylic acids is 1. The number of carboxylic acid groups (broad SMARTS) is 1. The third-order valence-electron chi connectivity index (χ3n) is 4.82. The molecular weight excluding hydrogens is 368 g/mol. The lowest BCUT2D eigenvalue weighted by molar-refractivity contribution is -0.148. The summed E-state index contributed by atoms with van der Waals surface area (Å²) >= 11 is 5.88. The van der Waals surface area contributed by atoms with E-state index in [1.807, 2.05) is 12.1 Å². The van der Waals surface area contributed by atoms with Gasteiger partial charge in [0.2, 0.25) is 5.91 Å². The first-order valence-electron chi connectivity index (χ1n) is 8.55. The van der Waals surface area contributed by atoms with Crippen LogP contribution in [0.5, 0.6) is 0 Å². The first-order chi connectivity index (χ1) is 12.9. The molecule has 3 rings (SSSR count). The minimum Gasteiger partial charge on any atom is -0.479 e. The zero-order valence-corrected chi connectivity index (χ0v) is 15.5. The van der Waals surface area contributed by atoms with Gasteiger partial charge in [-0.2, -0.15) is 0 Å². The van der Waals surface area contributed by atoms with Gasteiger partial charge in [-0.3, -0.25) is 9.59 Å². The van der Waals surface area contributed by atoms with Crippen LogP contribution in [0.1, 0.15) is 34.8 Å². The fourth-order valence-corrected chi connectivity index (χ4v) is 3.45. The van der Waals surface area contributed by atoms with Gasteiger partial charge < -0.3 is 15.3 Å². The van der Waals surface area contributed by atoms with Gasteiger partial charge in [-0.05, 0) is 35.7 Å². The van der Waals surface area contributed by atoms with Crippen LogP contribution in [0.3, 0.4) is 0 Å². The Kier molecular flexibility index (Phi) is 5.19. The maximum atomic E-state index is 12.6. The Balaban J connectivity index is 1.79. The van der Waals surface area contributed by atoms with E-state index in [-0.39, 0.29) is 18.9 Å². The molecule has 1 heterocycles. The maximum absolute atomic E-state index is 12.6. The van der Waals surface area contributed by atoms with E-state index in [1.54, 1.807) is 43.3 Å². The van der Waals surface area contributed by atoms with Crippen LogP contribution in [0, 0.1) is 0 Å². The number of nitrogens with one attached hydrogen (secondary N) is 1. The molecular formula is C20H19ClN2O4. The average molecular weight is 387 g/mol. The van der Waals surface area contributed by atoms with E-state index < -0.39 is 17.4 Å². The van der Waals surface area contributed by atoms with Crippen LogP contribution in [-0.4, -0.2) is 34.3 Å². The van der Waals surface area contributed by atoms with Crippen molar-refractivity contribution in [2.45, 2.75) is 25.4 Å². The van der Waals surface area contributed by atoms with Gasteiger partial charge in [-0.25, -0.2) is 4.79 Å². The van der Waals surface area contributed by atoms with Crippen molar-refractivity contribution < 1.29 is 19.5 Å². The number of hydrogen-bond acceptors (Lipinski definition) is 3. The number of hydrogen-bond donors (Lipinski definition) is 2. The minimum absolute atomic E-state index is 0.143. The molecule has 1 aliphatic heterocycles. The smallest absolute Gasteiger partial charge is 0.334 e. The summed E-state index contributed by atoms with van der Waals surface area (Å²) in [5.41, 5.74) is 0.263.